The van der Waals surface area contributed by atoms with Crippen molar-refractivity contribution in [2.24, 2.45) is 0 Å². The van der Waals surface area contributed by atoms with Gasteiger partial charge in [-0.05, 0) is 36.6 Å². The van der Waals surface area contributed by atoms with E-state index in [1.165, 1.54) is 25.2 Å². The molecule has 9 nitrogen and oxygen atoms in total. The quantitative estimate of drug-likeness (QED) is 0.309. The van der Waals surface area contributed by atoms with E-state index in [0.29, 0.717) is 12.3 Å². The zero-order valence-electron chi connectivity index (χ0n) is 24.3. The number of rotatable bonds is 14. The van der Waals surface area contributed by atoms with Gasteiger partial charge in [-0.2, -0.15) is 0 Å². The summed E-state index contributed by atoms with van der Waals surface area (Å²) in [7, 11) is -1.06. The van der Waals surface area contributed by atoms with Gasteiger partial charge >= 0.3 is 0 Å². The lowest BCUT2D eigenvalue weighted by molar-refractivity contribution is -0.140. The number of anilines is 1. The molecule has 0 bridgehead atoms. The fourth-order valence-corrected chi connectivity index (χ4v) is 5.36. The number of ether oxygens (including phenoxy) is 2. The van der Waals surface area contributed by atoms with Gasteiger partial charge in [0.25, 0.3) is 0 Å². The van der Waals surface area contributed by atoms with Crippen LogP contribution in [0.15, 0.2) is 72.8 Å². The number of sulfonamides is 1. The summed E-state index contributed by atoms with van der Waals surface area (Å²) in [5, 5.41) is 2.93. The Kier molecular flexibility index (Phi) is 11.2. The van der Waals surface area contributed by atoms with Gasteiger partial charge in [0.2, 0.25) is 21.8 Å². The van der Waals surface area contributed by atoms with Crippen LogP contribution in [-0.4, -0.2) is 64.7 Å². The van der Waals surface area contributed by atoms with Crippen LogP contribution in [0.25, 0.3) is 0 Å². The molecule has 0 spiro atoms. The third-order valence-corrected chi connectivity index (χ3v) is 7.72. The van der Waals surface area contributed by atoms with Gasteiger partial charge in [-0.15, -0.1) is 0 Å². The molecule has 2 amide bonds. The normalized spacial score (nSPS) is 11.8. The molecule has 0 saturated heterocycles. The molecular weight excluding hydrogens is 542 g/mol. The van der Waals surface area contributed by atoms with Gasteiger partial charge in [0.05, 0.1) is 26.2 Å². The number of nitrogens with zero attached hydrogens (tertiary/aromatic N) is 2. The van der Waals surface area contributed by atoms with Crippen molar-refractivity contribution in [3.63, 3.8) is 0 Å². The molecule has 10 heteroatoms. The van der Waals surface area contributed by atoms with E-state index in [4.69, 9.17) is 9.47 Å². The molecule has 0 aliphatic heterocycles. The van der Waals surface area contributed by atoms with E-state index in [-0.39, 0.29) is 30.3 Å². The maximum Gasteiger partial charge on any atom is 0.244 e. The van der Waals surface area contributed by atoms with Crippen LogP contribution < -0.4 is 19.1 Å². The number of nitrogens with one attached hydrogen (secondary N) is 1. The van der Waals surface area contributed by atoms with Crippen molar-refractivity contribution in [1.29, 1.82) is 0 Å². The fourth-order valence-electron chi connectivity index (χ4n) is 4.51. The lowest BCUT2D eigenvalue weighted by atomic mass is 10.0. The molecule has 0 saturated carbocycles. The Morgan fingerprint density at radius 2 is 1.63 bits per heavy atom. The third-order valence-electron chi connectivity index (χ3n) is 6.59. The first kappa shape index (κ1) is 31.5. The van der Waals surface area contributed by atoms with Crippen molar-refractivity contribution >= 4 is 27.5 Å². The highest BCUT2D eigenvalue weighted by Crippen LogP contribution is 2.34. The van der Waals surface area contributed by atoms with E-state index >= 15 is 0 Å². The molecule has 3 aromatic carbocycles. The van der Waals surface area contributed by atoms with Gasteiger partial charge in [0.1, 0.15) is 24.1 Å². The van der Waals surface area contributed by atoms with Crippen LogP contribution in [-0.2, 0) is 32.6 Å². The van der Waals surface area contributed by atoms with E-state index in [1.807, 2.05) is 68.4 Å². The summed E-state index contributed by atoms with van der Waals surface area (Å²) in [6.45, 7) is 3.93. The van der Waals surface area contributed by atoms with Crippen molar-refractivity contribution in [2.75, 3.05) is 37.9 Å². The highest BCUT2D eigenvalue weighted by atomic mass is 32.2. The minimum Gasteiger partial charge on any atom is -0.497 e. The largest absolute Gasteiger partial charge is 0.497 e. The lowest BCUT2D eigenvalue weighted by Gasteiger charge is -2.34. The average Bonchev–Trinajstić information content (AvgIpc) is 2.96. The Morgan fingerprint density at radius 3 is 2.24 bits per heavy atom. The molecule has 1 N–H and O–H groups in total. The molecule has 3 rings (SSSR count). The van der Waals surface area contributed by atoms with Gasteiger partial charge < -0.3 is 19.7 Å². The van der Waals surface area contributed by atoms with E-state index in [0.717, 1.165) is 33.7 Å². The van der Waals surface area contributed by atoms with Gasteiger partial charge in [0, 0.05) is 25.6 Å². The second-order valence-electron chi connectivity index (χ2n) is 9.81. The summed E-state index contributed by atoms with van der Waals surface area (Å²) < 4.78 is 37.9. The van der Waals surface area contributed by atoms with E-state index in [9.17, 15) is 18.0 Å². The van der Waals surface area contributed by atoms with Crippen LogP contribution in [0.5, 0.6) is 11.5 Å². The Bertz CT molecular complexity index is 1430. The van der Waals surface area contributed by atoms with Crippen molar-refractivity contribution < 1.29 is 27.5 Å². The van der Waals surface area contributed by atoms with E-state index in [1.54, 1.807) is 12.1 Å². The average molecular weight is 582 g/mol. The Labute approximate surface area is 243 Å². The number of hydrogen-bond acceptors (Lipinski definition) is 6. The summed E-state index contributed by atoms with van der Waals surface area (Å²) in [5.74, 6) is -0.175. The van der Waals surface area contributed by atoms with Crippen molar-refractivity contribution in [1.82, 2.24) is 10.2 Å². The topological polar surface area (TPSA) is 105 Å². The Balaban J connectivity index is 2.10. The van der Waals surface area contributed by atoms with Crippen LogP contribution in [0.4, 0.5) is 5.69 Å². The number of amides is 2. The molecule has 0 fully saturated rings. The molecule has 0 aromatic heterocycles. The summed E-state index contributed by atoms with van der Waals surface area (Å²) in [5.41, 5.74) is 2.86. The number of methoxy groups -OCH3 is 2. The molecule has 41 heavy (non-hydrogen) atoms. The molecule has 1 atom stereocenters. The molecule has 0 aliphatic rings. The molecule has 0 aliphatic carbocycles. The van der Waals surface area contributed by atoms with Crippen molar-refractivity contribution in [3.8, 4) is 11.5 Å². The Hall–Kier alpha value is -4.05. The highest BCUT2D eigenvalue weighted by Gasteiger charge is 2.33. The molecular formula is C31H39N3O6S. The smallest absolute Gasteiger partial charge is 0.244 e. The van der Waals surface area contributed by atoms with Gasteiger partial charge in [0.15, 0.2) is 0 Å². The maximum absolute atomic E-state index is 14.2. The second kappa shape index (κ2) is 14.5. The van der Waals surface area contributed by atoms with Crippen LogP contribution in [0.2, 0.25) is 0 Å². The molecule has 0 unspecified atom stereocenters. The third kappa shape index (κ3) is 8.72. The van der Waals surface area contributed by atoms with E-state index in [2.05, 4.69) is 5.32 Å². The molecule has 220 valence electrons. The Morgan fingerprint density at radius 1 is 0.927 bits per heavy atom. The molecule has 0 radical (unpaired) electrons. The number of hydrogen-bond donors (Lipinski definition) is 1. The predicted molar refractivity (Wildman–Crippen MR) is 161 cm³/mol. The zero-order chi connectivity index (χ0) is 30.0. The standard InChI is InChI=1S/C31H39N3O6S/c1-6-17-32-31(36)28(19-24-12-8-7-9-13-24)33(21-25-14-10-11-23(2)18-25)30(35)22-34(41(5,37)38)27-20-26(39-3)15-16-29(27)40-4/h7-16,18,20,28H,6,17,19,21-22H2,1-5H3,(H,32,36)/t28-/m1/s1. The van der Waals surface area contributed by atoms with Gasteiger partial charge in [-0.25, -0.2) is 8.42 Å². The molecule has 0 heterocycles. The van der Waals surface area contributed by atoms with Crippen LogP contribution in [0.1, 0.15) is 30.0 Å². The molecule has 3 aromatic rings. The summed E-state index contributed by atoms with van der Waals surface area (Å²) in [6, 6.07) is 21.0. The first-order valence-electron chi connectivity index (χ1n) is 13.4. The minimum absolute atomic E-state index is 0.115. The zero-order valence-corrected chi connectivity index (χ0v) is 25.1. The maximum atomic E-state index is 14.2. The fraction of sp³-hybridized carbons (Fsp3) is 0.355. The van der Waals surface area contributed by atoms with Gasteiger partial charge in [-0.1, -0.05) is 67.1 Å². The monoisotopic (exact) mass is 581 g/mol. The summed E-state index contributed by atoms with van der Waals surface area (Å²) in [4.78, 5) is 29.2. The van der Waals surface area contributed by atoms with Crippen molar-refractivity contribution in [3.05, 3.63) is 89.5 Å². The van der Waals surface area contributed by atoms with Crippen LogP contribution >= 0.6 is 0 Å². The number of carbonyl (C=O) groups excluding carboxylic acids is 2. The van der Waals surface area contributed by atoms with Crippen LogP contribution in [0, 0.1) is 6.92 Å². The predicted octanol–water partition coefficient (Wildman–Crippen LogP) is 3.94. The first-order chi connectivity index (χ1) is 19.6. The number of carbonyl (C=O) groups is 2. The SMILES string of the molecule is CCCNC(=O)[C@@H](Cc1ccccc1)N(Cc1cccc(C)c1)C(=O)CN(c1cc(OC)ccc1OC)S(C)(=O)=O. The minimum atomic E-state index is -3.95. The number of benzene rings is 3. The number of aryl methyl sites for hydroxylation is 1. The van der Waals surface area contributed by atoms with Crippen LogP contribution in [0.3, 0.4) is 0 Å². The summed E-state index contributed by atoms with van der Waals surface area (Å²) >= 11 is 0. The first-order valence-corrected chi connectivity index (χ1v) is 15.3. The van der Waals surface area contributed by atoms with Gasteiger partial charge in [-0.3, -0.25) is 13.9 Å². The van der Waals surface area contributed by atoms with Crippen molar-refractivity contribution in [2.45, 2.75) is 39.3 Å². The van der Waals surface area contributed by atoms with E-state index < -0.39 is 28.5 Å². The lowest BCUT2D eigenvalue weighted by Crippen LogP contribution is -2.53. The summed E-state index contributed by atoms with van der Waals surface area (Å²) in [6.07, 6.45) is 2.02. The second-order valence-corrected chi connectivity index (χ2v) is 11.7. The highest BCUT2D eigenvalue weighted by molar-refractivity contribution is 7.92.